The maximum Gasteiger partial charge on any atom is 0.233 e. The number of nitrogens with zero attached hydrogens (tertiary/aromatic N) is 2. The first kappa shape index (κ1) is 20.1. The Morgan fingerprint density at radius 1 is 1.21 bits per heavy atom. The number of carbonyl (C=O) groups excluding carboxylic acids is 1. The Bertz CT molecular complexity index is 993. The van der Waals surface area contributed by atoms with Gasteiger partial charge in [-0.25, -0.2) is 9.37 Å². The van der Waals surface area contributed by atoms with Crippen LogP contribution in [0, 0.1) is 12.7 Å². The molecule has 28 heavy (non-hydrogen) atoms. The molecular weight excluding hydrogens is 375 g/mol. The van der Waals surface area contributed by atoms with Crippen molar-refractivity contribution in [2.45, 2.75) is 25.4 Å². The smallest absolute Gasteiger partial charge is 0.233 e. The number of hydrogen-bond acceptors (Lipinski definition) is 4. The minimum absolute atomic E-state index is 0.00339. The Morgan fingerprint density at radius 2 is 2.00 bits per heavy atom. The molecule has 6 heteroatoms. The molecule has 0 atom stereocenters. The van der Waals surface area contributed by atoms with E-state index < -0.39 is 5.82 Å². The molecule has 0 fully saturated rings. The van der Waals surface area contributed by atoms with Crippen LogP contribution in [0.3, 0.4) is 0 Å². The molecule has 0 aliphatic heterocycles. The van der Waals surface area contributed by atoms with E-state index in [0.29, 0.717) is 13.1 Å². The summed E-state index contributed by atoms with van der Waals surface area (Å²) in [7, 11) is 1.43. The molecule has 3 aromatic rings. The molecule has 0 radical (unpaired) electrons. The Balaban J connectivity index is 1.66. The Morgan fingerprint density at radius 3 is 2.71 bits per heavy atom. The fourth-order valence-corrected chi connectivity index (χ4v) is 3.90. The number of benzene rings is 2. The number of fused-ring (bicyclic) bond motifs is 1. The topological polar surface area (TPSA) is 42.4 Å². The van der Waals surface area contributed by atoms with Crippen LogP contribution in [-0.4, -0.2) is 35.2 Å². The fraction of sp³-hybridized carbons (Fsp3) is 0.273. The molecule has 1 amide bonds. The van der Waals surface area contributed by atoms with Gasteiger partial charge >= 0.3 is 0 Å². The lowest BCUT2D eigenvalue weighted by molar-refractivity contribution is -0.128. The lowest BCUT2D eigenvalue weighted by Crippen LogP contribution is -2.31. The Labute approximate surface area is 168 Å². The normalized spacial score (nSPS) is 10.9. The summed E-state index contributed by atoms with van der Waals surface area (Å²) >= 11 is 1.42. The minimum Gasteiger partial charge on any atom is -0.494 e. The average molecular weight is 399 g/mol. The molecule has 0 aliphatic rings. The molecule has 0 saturated carbocycles. The number of rotatable bonds is 7. The van der Waals surface area contributed by atoms with Gasteiger partial charge in [-0.05, 0) is 49.2 Å². The molecule has 1 aromatic heterocycles. The van der Waals surface area contributed by atoms with Crippen LogP contribution in [0.4, 0.5) is 4.39 Å². The summed E-state index contributed by atoms with van der Waals surface area (Å²) in [5, 5.41) is 1.95. The second kappa shape index (κ2) is 9.06. The van der Waals surface area contributed by atoms with Crippen LogP contribution in [0.1, 0.15) is 18.1 Å². The number of thioether (sulfide) groups is 1. The highest BCUT2D eigenvalue weighted by Crippen LogP contribution is 2.24. The average Bonchev–Trinajstić information content (AvgIpc) is 2.70. The number of halogens is 1. The third kappa shape index (κ3) is 4.62. The Hall–Kier alpha value is -2.60. The van der Waals surface area contributed by atoms with Crippen molar-refractivity contribution in [3.05, 3.63) is 65.5 Å². The second-order valence-electron chi connectivity index (χ2n) is 6.46. The van der Waals surface area contributed by atoms with Gasteiger partial charge in [0, 0.05) is 18.5 Å². The third-order valence-electron chi connectivity index (χ3n) is 4.57. The van der Waals surface area contributed by atoms with Crippen LogP contribution in [-0.2, 0) is 11.3 Å². The molecular formula is C22H23FN2O2S. The molecule has 146 valence electrons. The SMILES string of the molecule is CCN(Cc1ccc(OC)c(F)c1)C(=O)CSc1cc(C)c2ccccc2n1. The van der Waals surface area contributed by atoms with Gasteiger partial charge in [-0.1, -0.05) is 36.0 Å². The number of amides is 1. The molecule has 4 nitrogen and oxygen atoms in total. The van der Waals surface area contributed by atoms with Gasteiger partial charge in [0.25, 0.3) is 0 Å². The van der Waals surface area contributed by atoms with Crippen LogP contribution in [0.25, 0.3) is 10.9 Å². The van der Waals surface area contributed by atoms with E-state index in [-0.39, 0.29) is 17.4 Å². The molecule has 1 heterocycles. The monoisotopic (exact) mass is 398 g/mol. The summed E-state index contributed by atoms with van der Waals surface area (Å²) in [4.78, 5) is 19.0. The molecule has 0 N–H and O–H groups in total. The van der Waals surface area contributed by atoms with E-state index in [1.165, 1.54) is 24.9 Å². The van der Waals surface area contributed by atoms with E-state index in [9.17, 15) is 9.18 Å². The first-order valence-corrected chi connectivity index (χ1v) is 10.1. The van der Waals surface area contributed by atoms with E-state index in [0.717, 1.165) is 27.1 Å². The lowest BCUT2D eigenvalue weighted by atomic mass is 10.1. The third-order valence-corrected chi connectivity index (χ3v) is 5.46. The maximum atomic E-state index is 13.9. The van der Waals surface area contributed by atoms with Crippen molar-refractivity contribution in [1.29, 1.82) is 0 Å². The van der Waals surface area contributed by atoms with Gasteiger partial charge in [-0.3, -0.25) is 4.79 Å². The van der Waals surface area contributed by atoms with Crippen molar-refractivity contribution in [1.82, 2.24) is 9.88 Å². The number of carbonyl (C=O) groups is 1. The second-order valence-corrected chi connectivity index (χ2v) is 7.46. The molecule has 0 unspecified atom stereocenters. The summed E-state index contributed by atoms with van der Waals surface area (Å²) in [5.74, 6) is 0.0635. The molecule has 3 rings (SSSR count). The predicted octanol–water partition coefficient (Wildman–Crippen LogP) is 4.83. The van der Waals surface area contributed by atoms with E-state index in [1.54, 1.807) is 17.0 Å². The van der Waals surface area contributed by atoms with Crippen molar-refractivity contribution >= 4 is 28.6 Å². The van der Waals surface area contributed by atoms with Gasteiger partial charge in [0.15, 0.2) is 11.6 Å². The molecule has 2 aromatic carbocycles. The zero-order valence-corrected chi connectivity index (χ0v) is 17.1. The highest BCUT2D eigenvalue weighted by atomic mass is 32.2. The van der Waals surface area contributed by atoms with E-state index in [4.69, 9.17) is 4.74 Å². The summed E-state index contributed by atoms with van der Waals surface area (Å²) in [5.41, 5.74) is 2.80. The number of hydrogen-bond donors (Lipinski definition) is 0. The number of para-hydroxylation sites is 1. The van der Waals surface area contributed by atoms with Crippen LogP contribution in [0.2, 0.25) is 0 Å². The van der Waals surface area contributed by atoms with Gasteiger partial charge in [0.2, 0.25) is 5.91 Å². The highest BCUT2D eigenvalue weighted by Gasteiger charge is 2.15. The minimum atomic E-state index is -0.422. The van der Waals surface area contributed by atoms with Crippen molar-refractivity contribution in [3.8, 4) is 5.75 Å². The molecule has 0 saturated heterocycles. The van der Waals surface area contributed by atoms with Crippen molar-refractivity contribution in [3.63, 3.8) is 0 Å². The summed E-state index contributed by atoms with van der Waals surface area (Å²) in [6.07, 6.45) is 0. The van der Waals surface area contributed by atoms with Crippen LogP contribution < -0.4 is 4.74 Å². The first-order valence-electron chi connectivity index (χ1n) is 9.11. The zero-order chi connectivity index (χ0) is 20.1. The standard InChI is InChI=1S/C22H23FN2O2S/c1-4-25(13-16-9-10-20(27-3)18(23)12-16)22(26)14-28-21-11-15(2)17-7-5-6-8-19(17)24-21/h5-12H,4,13-14H2,1-3H3. The summed E-state index contributed by atoms with van der Waals surface area (Å²) in [6.45, 7) is 4.88. The van der Waals surface area contributed by atoms with Gasteiger partial charge in [0.05, 0.1) is 23.4 Å². The molecule has 0 bridgehead atoms. The largest absolute Gasteiger partial charge is 0.494 e. The van der Waals surface area contributed by atoms with Gasteiger partial charge in [-0.15, -0.1) is 0 Å². The predicted molar refractivity (Wildman–Crippen MR) is 111 cm³/mol. The highest BCUT2D eigenvalue weighted by molar-refractivity contribution is 7.99. The summed E-state index contributed by atoms with van der Waals surface area (Å²) in [6, 6.07) is 14.8. The number of aryl methyl sites for hydroxylation is 1. The number of pyridine rings is 1. The zero-order valence-electron chi connectivity index (χ0n) is 16.2. The van der Waals surface area contributed by atoms with Crippen LogP contribution >= 0.6 is 11.8 Å². The van der Waals surface area contributed by atoms with E-state index in [1.807, 2.05) is 44.2 Å². The molecule has 0 aliphatic carbocycles. The summed E-state index contributed by atoms with van der Waals surface area (Å²) < 4.78 is 18.8. The lowest BCUT2D eigenvalue weighted by Gasteiger charge is -2.21. The van der Waals surface area contributed by atoms with Gasteiger partial charge in [0.1, 0.15) is 0 Å². The van der Waals surface area contributed by atoms with Crippen LogP contribution in [0.5, 0.6) is 5.75 Å². The van der Waals surface area contributed by atoms with E-state index >= 15 is 0 Å². The fourth-order valence-electron chi connectivity index (χ4n) is 3.02. The quantitative estimate of drug-likeness (QED) is 0.535. The maximum absolute atomic E-state index is 13.9. The first-order chi connectivity index (χ1) is 13.5. The van der Waals surface area contributed by atoms with E-state index in [2.05, 4.69) is 4.98 Å². The van der Waals surface area contributed by atoms with Crippen molar-refractivity contribution in [2.24, 2.45) is 0 Å². The number of methoxy groups -OCH3 is 1. The van der Waals surface area contributed by atoms with Crippen molar-refractivity contribution in [2.75, 3.05) is 19.4 Å². The Kier molecular flexibility index (Phi) is 6.52. The molecule has 0 spiro atoms. The van der Waals surface area contributed by atoms with Crippen LogP contribution in [0.15, 0.2) is 53.6 Å². The number of ether oxygens (including phenoxy) is 1. The van der Waals surface area contributed by atoms with Gasteiger partial charge in [-0.2, -0.15) is 0 Å². The van der Waals surface area contributed by atoms with Crippen molar-refractivity contribution < 1.29 is 13.9 Å². The number of aromatic nitrogens is 1. The van der Waals surface area contributed by atoms with Gasteiger partial charge < -0.3 is 9.64 Å².